The highest BCUT2D eigenvalue weighted by Crippen LogP contribution is 2.18. The summed E-state index contributed by atoms with van der Waals surface area (Å²) in [4.78, 5) is 2.53. The molecule has 2 rings (SSSR count). The van der Waals surface area contributed by atoms with Crippen molar-refractivity contribution in [1.29, 1.82) is 0 Å². The fraction of sp³-hybridized carbons (Fsp3) is 0.500. The average molecular weight is 327 g/mol. The van der Waals surface area contributed by atoms with E-state index >= 15 is 0 Å². The first-order valence-electron chi connectivity index (χ1n) is 7.08. The number of nitrogens with two attached hydrogens (primary N) is 1. The number of rotatable bonds is 6. The third kappa shape index (κ3) is 3.79. The monoisotopic (exact) mass is 327 g/mol. The highest BCUT2D eigenvalue weighted by molar-refractivity contribution is 7.89. The zero-order valence-corrected chi connectivity index (χ0v) is 13.7. The molecular weight excluding hydrogens is 306 g/mol. The summed E-state index contributed by atoms with van der Waals surface area (Å²) < 4.78 is 27.6. The molecule has 1 aromatic rings. The fourth-order valence-corrected chi connectivity index (χ4v) is 4.27. The largest absolute Gasteiger partial charge is 0.389 e. The van der Waals surface area contributed by atoms with Crippen molar-refractivity contribution < 1.29 is 8.42 Å². The van der Waals surface area contributed by atoms with Crippen molar-refractivity contribution in [1.82, 2.24) is 9.62 Å². The van der Waals surface area contributed by atoms with E-state index in [4.69, 9.17) is 18.0 Å². The van der Waals surface area contributed by atoms with Crippen LogP contribution < -0.4 is 10.5 Å². The van der Waals surface area contributed by atoms with Crippen LogP contribution in [0, 0.1) is 0 Å². The van der Waals surface area contributed by atoms with Crippen LogP contribution in [0.1, 0.15) is 25.3 Å². The molecule has 0 aromatic heterocycles. The summed E-state index contributed by atoms with van der Waals surface area (Å²) in [6.07, 6.45) is 2.14. The summed E-state index contributed by atoms with van der Waals surface area (Å²) in [7, 11) is -3.60. The Labute approximate surface area is 131 Å². The Hall–Kier alpha value is -1.02. The van der Waals surface area contributed by atoms with Crippen molar-refractivity contribution >= 4 is 27.2 Å². The first-order valence-corrected chi connectivity index (χ1v) is 8.97. The Morgan fingerprint density at radius 1 is 1.48 bits per heavy atom. The van der Waals surface area contributed by atoms with Crippen LogP contribution in [0.15, 0.2) is 29.2 Å². The molecule has 1 unspecified atom stereocenters. The van der Waals surface area contributed by atoms with Crippen LogP contribution in [0.5, 0.6) is 0 Å². The van der Waals surface area contributed by atoms with Crippen molar-refractivity contribution in [2.75, 3.05) is 19.6 Å². The van der Waals surface area contributed by atoms with Crippen molar-refractivity contribution in [2.45, 2.75) is 30.7 Å². The minimum Gasteiger partial charge on any atom is -0.389 e. The number of nitrogens with one attached hydrogen (secondary N) is 1. The number of likely N-dealkylation sites (tertiary alicyclic amines) is 1. The molecule has 0 aliphatic carbocycles. The molecule has 0 bridgehead atoms. The molecule has 21 heavy (non-hydrogen) atoms. The van der Waals surface area contributed by atoms with E-state index in [0.717, 1.165) is 25.9 Å². The standard InChI is InChI=1S/C14H21N3O2S2/c1-2-17-9-5-6-11(17)10-16-21(18,19)13-8-4-3-7-12(13)14(15)20/h3-4,7-8,11,16H,2,5-6,9-10H2,1H3,(H2,15,20). The van der Waals surface area contributed by atoms with Gasteiger partial charge in [0.25, 0.3) is 0 Å². The quantitative estimate of drug-likeness (QED) is 0.765. The Balaban J connectivity index is 2.14. The van der Waals surface area contributed by atoms with Crippen molar-refractivity contribution in [3.63, 3.8) is 0 Å². The van der Waals surface area contributed by atoms with Gasteiger partial charge in [0.2, 0.25) is 10.0 Å². The second-order valence-electron chi connectivity index (χ2n) is 5.14. The molecule has 1 aliphatic rings. The Kier molecular flexibility index (Phi) is 5.32. The third-order valence-electron chi connectivity index (χ3n) is 3.86. The van der Waals surface area contributed by atoms with Gasteiger partial charge in [0.15, 0.2) is 0 Å². The highest BCUT2D eigenvalue weighted by atomic mass is 32.2. The van der Waals surface area contributed by atoms with Crippen LogP contribution in [0.4, 0.5) is 0 Å². The maximum Gasteiger partial charge on any atom is 0.241 e. The molecule has 0 radical (unpaired) electrons. The molecule has 5 nitrogen and oxygen atoms in total. The molecule has 1 heterocycles. The predicted molar refractivity (Wildman–Crippen MR) is 87.8 cm³/mol. The van der Waals surface area contributed by atoms with Gasteiger partial charge < -0.3 is 5.73 Å². The van der Waals surface area contributed by atoms with Gasteiger partial charge in [0, 0.05) is 18.2 Å². The zero-order valence-electron chi connectivity index (χ0n) is 12.1. The summed E-state index contributed by atoms with van der Waals surface area (Å²) in [6, 6.07) is 6.82. The van der Waals surface area contributed by atoms with E-state index in [-0.39, 0.29) is 15.9 Å². The number of hydrogen-bond donors (Lipinski definition) is 2. The Morgan fingerprint density at radius 3 is 2.86 bits per heavy atom. The maximum atomic E-state index is 12.5. The first kappa shape index (κ1) is 16.4. The van der Waals surface area contributed by atoms with E-state index in [1.807, 2.05) is 0 Å². The van der Waals surface area contributed by atoms with Crippen LogP contribution in [-0.2, 0) is 10.0 Å². The van der Waals surface area contributed by atoms with Crippen molar-refractivity contribution in [3.05, 3.63) is 29.8 Å². The lowest BCUT2D eigenvalue weighted by atomic mass is 10.2. The summed E-state index contributed by atoms with van der Waals surface area (Å²) in [6.45, 7) is 4.49. The minimum absolute atomic E-state index is 0.0898. The molecule has 1 aromatic carbocycles. The minimum atomic E-state index is -3.60. The molecule has 1 atom stereocenters. The van der Waals surface area contributed by atoms with E-state index in [1.54, 1.807) is 18.2 Å². The van der Waals surface area contributed by atoms with Gasteiger partial charge >= 0.3 is 0 Å². The van der Waals surface area contributed by atoms with Gasteiger partial charge in [-0.1, -0.05) is 37.3 Å². The topological polar surface area (TPSA) is 75.4 Å². The van der Waals surface area contributed by atoms with Crippen molar-refractivity contribution in [2.24, 2.45) is 5.73 Å². The lowest BCUT2D eigenvalue weighted by molar-refractivity contribution is 0.268. The molecule has 1 saturated heterocycles. The van der Waals surface area contributed by atoms with E-state index in [0.29, 0.717) is 12.1 Å². The first-order chi connectivity index (χ1) is 9.95. The summed E-state index contributed by atoms with van der Waals surface area (Å²) in [5, 5.41) is 0. The SMILES string of the molecule is CCN1CCCC1CNS(=O)(=O)c1ccccc1C(N)=S. The van der Waals surface area contributed by atoms with E-state index < -0.39 is 10.0 Å². The summed E-state index contributed by atoms with van der Waals surface area (Å²) >= 11 is 4.92. The number of nitrogens with zero attached hydrogens (tertiary/aromatic N) is 1. The maximum absolute atomic E-state index is 12.5. The number of benzene rings is 1. The number of likely N-dealkylation sites (N-methyl/N-ethyl adjacent to an activating group) is 1. The molecule has 0 saturated carbocycles. The summed E-state index contributed by atoms with van der Waals surface area (Å²) in [5.74, 6) is 0. The lowest BCUT2D eigenvalue weighted by Crippen LogP contribution is -2.40. The van der Waals surface area contributed by atoms with Gasteiger partial charge in [-0.2, -0.15) is 0 Å². The van der Waals surface area contributed by atoms with Gasteiger partial charge in [0.05, 0.1) is 4.90 Å². The number of sulfonamides is 1. The normalized spacial score (nSPS) is 19.8. The van der Waals surface area contributed by atoms with Crippen LogP contribution in [0.2, 0.25) is 0 Å². The molecule has 0 spiro atoms. The highest BCUT2D eigenvalue weighted by Gasteiger charge is 2.26. The molecular formula is C14H21N3O2S2. The number of thiocarbonyl (C=S) groups is 1. The predicted octanol–water partition coefficient (Wildman–Crippen LogP) is 1.08. The molecule has 0 amide bonds. The number of hydrogen-bond acceptors (Lipinski definition) is 4. The van der Waals surface area contributed by atoms with Gasteiger partial charge in [-0.15, -0.1) is 0 Å². The second-order valence-corrected chi connectivity index (χ2v) is 7.31. The van der Waals surface area contributed by atoms with Crippen LogP contribution in [0.3, 0.4) is 0 Å². The molecule has 7 heteroatoms. The van der Waals surface area contributed by atoms with E-state index in [1.165, 1.54) is 6.07 Å². The fourth-order valence-electron chi connectivity index (χ4n) is 2.73. The van der Waals surface area contributed by atoms with Gasteiger partial charge in [0.1, 0.15) is 4.99 Å². The van der Waals surface area contributed by atoms with Crippen LogP contribution >= 0.6 is 12.2 Å². The van der Waals surface area contributed by atoms with Gasteiger partial charge in [-0.25, -0.2) is 13.1 Å². The molecule has 116 valence electrons. The Bertz CT molecular complexity index is 616. The van der Waals surface area contributed by atoms with E-state index in [9.17, 15) is 8.42 Å². The van der Waals surface area contributed by atoms with E-state index in [2.05, 4.69) is 16.5 Å². The average Bonchev–Trinajstić information content (AvgIpc) is 2.92. The molecule has 1 fully saturated rings. The van der Waals surface area contributed by atoms with Gasteiger partial charge in [-0.3, -0.25) is 4.90 Å². The molecule has 1 aliphatic heterocycles. The van der Waals surface area contributed by atoms with Crippen LogP contribution in [0.25, 0.3) is 0 Å². The third-order valence-corrected chi connectivity index (χ3v) is 5.56. The lowest BCUT2D eigenvalue weighted by Gasteiger charge is -2.23. The van der Waals surface area contributed by atoms with Gasteiger partial charge in [-0.05, 0) is 32.0 Å². The van der Waals surface area contributed by atoms with Crippen LogP contribution in [-0.4, -0.2) is 44.0 Å². The zero-order chi connectivity index (χ0) is 15.5. The summed E-state index contributed by atoms with van der Waals surface area (Å²) in [5.41, 5.74) is 5.99. The smallest absolute Gasteiger partial charge is 0.241 e. The second kappa shape index (κ2) is 6.83. The van der Waals surface area contributed by atoms with Crippen molar-refractivity contribution in [3.8, 4) is 0 Å². The Morgan fingerprint density at radius 2 is 2.19 bits per heavy atom. The molecule has 3 N–H and O–H groups in total.